The zero-order valence-electron chi connectivity index (χ0n) is 11.5. The lowest BCUT2D eigenvalue weighted by molar-refractivity contribution is -0.128. The Kier molecular flexibility index (Phi) is 2.94. The summed E-state index contributed by atoms with van der Waals surface area (Å²) in [6.45, 7) is 1.71. The Morgan fingerprint density at radius 3 is 2.67 bits per heavy atom. The smallest absolute Gasteiger partial charge is 0.289 e. The molecule has 0 saturated carbocycles. The lowest BCUT2D eigenvalue weighted by Gasteiger charge is -2.19. The predicted octanol–water partition coefficient (Wildman–Crippen LogP) is 2.39. The summed E-state index contributed by atoms with van der Waals surface area (Å²) in [5.74, 6) is -0.665. The third kappa shape index (κ3) is 1.96. The molecule has 0 bridgehead atoms. The van der Waals surface area contributed by atoms with Crippen molar-refractivity contribution in [3.63, 3.8) is 0 Å². The van der Waals surface area contributed by atoms with Crippen LogP contribution < -0.4 is 0 Å². The Labute approximate surface area is 120 Å². The van der Waals surface area contributed by atoms with E-state index in [-0.39, 0.29) is 11.3 Å². The summed E-state index contributed by atoms with van der Waals surface area (Å²) >= 11 is 0. The SMILES string of the molecule is Cc1ccc(C(=O)C2=C(O)C(=O)N(C)C2c2ccco2)o1. The Bertz CT molecular complexity index is 738. The molecule has 0 radical (unpaired) electrons. The number of carbonyl (C=O) groups is 2. The zero-order valence-corrected chi connectivity index (χ0v) is 11.5. The van der Waals surface area contributed by atoms with Gasteiger partial charge in [-0.25, -0.2) is 0 Å². The van der Waals surface area contributed by atoms with Gasteiger partial charge in [-0.05, 0) is 31.2 Å². The highest BCUT2D eigenvalue weighted by molar-refractivity contribution is 6.14. The first-order chi connectivity index (χ1) is 10.0. The largest absolute Gasteiger partial charge is 0.503 e. The average molecular weight is 287 g/mol. The molecule has 2 aromatic rings. The summed E-state index contributed by atoms with van der Waals surface area (Å²) in [6, 6.07) is 5.70. The Morgan fingerprint density at radius 1 is 1.33 bits per heavy atom. The molecule has 2 aromatic heterocycles. The maximum Gasteiger partial charge on any atom is 0.289 e. The molecule has 108 valence electrons. The highest BCUT2D eigenvalue weighted by Gasteiger charge is 2.44. The molecule has 1 unspecified atom stereocenters. The van der Waals surface area contributed by atoms with Crippen molar-refractivity contribution in [1.82, 2.24) is 4.90 Å². The number of amides is 1. The van der Waals surface area contributed by atoms with Crippen molar-refractivity contribution in [1.29, 1.82) is 0 Å². The van der Waals surface area contributed by atoms with Crippen molar-refractivity contribution < 1.29 is 23.5 Å². The fraction of sp³-hybridized carbons (Fsp3) is 0.200. The number of nitrogens with zero attached hydrogens (tertiary/aromatic N) is 1. The molecule has 1 N–H and O–H groups in total. The first-order valence-corrected chi connectivity index (χ1v) is 6.35. The van der Waals surface area contributed by atoms with Gasteiger partial charge in [0.05, 0.1) is 11.8 Å². The molecule has 6 nitrogen and oxygen atoms in total. The van der Waals surface area contributed by atoms with Gasteiger partial charge in [0.25, 0.3) is 5.91 Å². The van der Waals surface area contributed by atoms with Crippen LogP contribution in [0.4, 0.5) is 0 Å². The average Bonchev–Trinajstić information content (AvgIpc) is 3.16. The summed E-state index contributed by atoms with van der Waals surface area (Å²) in [5, 5.41) is 10.0. The molecule has 1 aliphatic rings. The Morgan fingerprint density at radius 2 is 2.10 bits per heavy atom. The van der Waals surface area contributed by atoms with Gasteiger partial charge in [-0.15, -0.1) is 0 Å². The molecular weight excluding hydrogens is 274 g/mol. The number of likely N-dealkylation sites (N-methyl/N-ethyl adjacent to an activating group) is 1. The first-order valence-electron chi connectivity index (χ1n) is 6.35. The fourth-order valence-corrected chi connectivity index (χ4v) is 2.42. The number of aliphatic hydroxyl groups excluding tert-OH is 1. The molecule has 1 amide bonds. The number of furan rings is 2. The molecule has 21 heavy (non-hydrogen) atoms. The van der Waals surface area contributed by atoms with E-state index in [4.69, 9.17) is 8.83 Å². The Balaban J connectivity index is 2.08. The molecule has 3 rings (SSSR count). The van der Waals surface area contributed by atoms with Crippen LogP contribution in [0.1, 0.15) is 28.1 Å². The number of carbonyl (C=O) groups excluding carboxylic acids is 2. The van der Waals surface area contributed by atoms with E-state index in [0.29, 0.717) is 11.5 Å². The number of Topliss-reactive ketones (excluding diaryl/α,β-unsaturated/α-hetero) is 1. The summed E-state index contributed by atoms with van der Waals surface area (Å²) in [4.78, 5) is 25.8. The van der Waals surface area contributed by atoms with Crippen LogP contribution >= 0.6 is 0 Å². The number of hydrogen-bond donors (Lipinski definition) is 1. The normalized spacial score (nSPS) is 18.7. The van der Waals surface area contributed by atoms with Gasteiger partial charge in [-0.3, -0.25) is 9.59 Å². The molecule has 0 aromatic carbocycles. The third-order valence-electron chi connectivity index (χ3n) is 3.46. The predicted molar refractivity (Wildman–Crippen MR) is 71.6 cm³/mol. The topological polar surface area (TPSA) is 83.9 Å². The monoisotopic (exact) mass is 287 g/mol. The van der Waals surface area contributed by atoms with Crippen molar-refractivity contribution >= 4 is 11.7 Å². The second-order valence-corrected chi connectivity index (χ2v) is 4.84. The summed E-state index contributed by atoms with van der Waals surface area (Å²) in [7, 11) is 1.50. The summed E-state index contributed by atoms with van der Waals surface area (Å²) < 4.78 is 10.6. The Hall–Kier alpha value is -2.76. The number of rotatable bonds is 3. The van der Waals surface area contributed by atoms with Crippen LogP contribution in [-0.4, -0.2) is 28.7 Å². The van der Waals surface area contributed by atoms with Crippen molar-refractivity contribution in [3.05, 3.63) is 59.1 Å². The summed E-state index contributed by atoms with van der Waals surface area (Å²) in [5.41, 5.74) is -0.0354. The van der Waals surface area contributed by atoms with Crippen LogP contribution in [0.5, 0.6) is 0 Å². The minimum Gasteiger partial charge on any atom is -0.503 e. The molecule has 0 fully saturated rings. The van der Waals surface area contributed by atoms with Gasteiger partial charge < -0.3 is 18.8 Å². The number of hydrogen-bond acceptors (Lipinski definition) is 5. The minimum atomic E-state index is -0.759. The molecule has 1 atom stereocenters. The maximum absolute atomic E-state index is 12.5. The number of aliphatic hydroxyl groups is 1. The van der Waals surface area contributed by atoms with E-state index in [1.807, 2.05) is 0 Å². The minimum absolute atomic E-state index is 0.0354. The molecule has 1 aliphatic heterocycles. The lowest BCUT2D eigenvalue weighted by Crippen LogP contribution is -2.26. The van der Waals surface area contributed by atoms with Crippen molar-refractivity contribution in [2.75, 3.05) is 7.05 Å². The molecule has 6 heteroatoms. The van der Waals surface area contributed by atoms with Crippen LogP contribution in [0.3, 0.4) is 0 Å². The fourth-order valence-electron chi connectivity index (χ4n) is 2.42. The van der Waals surface area contributed by atoms with Crippen molar-refractivity contribution in [2.24, 2.45) is 0 Å². The number of aryl methyl sites for hydroxylation is 1. The molecular formula is C15H13NO5. The van der Waals surface area contributed by atoms with Gasteiger partial charge in [-0.1, -0.05) is 0 Å². The third-order valence-corrected chi connectivity index (χ3v) is 3.46. The van der Waals surface area contributed by atoms with E-state index >= 15 is 0 Å². The van der Waals surface area contributed by atoms with E-state index in [0.717, 1.165) is 0 Å². The molecule has 0 saturated heterocycles. The van der Waals surface area contributed by atoms with Gasteiger partial charge in [0.2, 0.25) is 5.78 Å². The van der Waals surface area contributed by atoms with Gasteiger partial charge >= 0.3 is 0 Å². The van der Waals surface area contributed by atoms with Gasteiger partial charge in [0.15, 0.2) is 11.5 Å². The quantitative estimate of drug-likeness (QED) is 0.876. The van der Waals surface area contributed by atoms with Crippen LogP contribution in [-0.2, 0) is 4.79 Å². The van der Waals surface area contributed by atoms with E-state index in [2.05, 4.69) is 0 Å². The standard InChI is InChI=1S/C15H13NO5/c1-8-5-6-10(21-8)13(17)11-12(9-4-3-7-20-9)16(2)15(19)14(11)18/h3-7,12,18H,1-2H3. The molecule has 3 heterocycles. The van der Waals surface area contributed by atoms with Crippen LogP contribution in [0, 0.1) is 6.92 Å². The van der Waals surface area contributed by atoms with Crippen molar-refractivity contribution in [3.8, 4) is 0 Å². The highest BCUT2D eigenvalue weighted by atomic mass is 16.3. The summed E-state index contributed by atoms with van der Waals surface area (Å²) in [6.07, 6.45) is 1.45. The van der Waals surface area contributed by atoms with E-state index in [9.17, 15) is 14.7 Å². The van der Waals surface area contributed by atoms with Gasteiger partial charge in [0.1, 0.15) is 17.6 Å². The second-order valence-electron chi connectivity index (χ2n) is 4.84. The first kappa shape index (κ1) is 13.2. The van der Waals surface area contributed by atoms with E-state index in [1.54, 1.807) is 25.1 Å². The molecule has 0 spiro atoms. The maximum atomic E-state index is 12.5. The van der Waals surface area contributed by atoms with E-state index < -0.39 is 23.5 Å². The van der Waals surface area contributed by atoms with Gasteiger partial charge in [0, 0.05) is 7.05 Å². The number of ketones is 1. The van der Waals surface area contributed by atoms with Crippen molar-refractivity contribution in [2.45, 2.75) is 13.0 Å². The van der Waals surface area contributed by atoms with Crippen LogP contribution in [0.2, 0.25) is 0 Å². The van der Waals surface area contributed by atoms with Gasteiger partial charge in [-0.2, -0.15) is 0 Å². The molecule has 0 aliphatic carbocycles. The van der Waals surface area contributed by atoms with Crippen LogP contribution in [0.25, 0.3) is 0 Å². The lowest BCUT2D eigenvalue weighted by atomic mass is 10.00. The van der Waals surface area contributed by atoms with Crippen LogP contribution in [0.15, 0.2) is 50.7 Å². The zero-order chi connectivity index (χ0) is 15.1. The van der Waals surface area contributed by atoms with E-state index in [1.165, 1.54) is 24.3 Å². The highest BCUT2D eigenvalue weighted by Crippen LogP contribution is 2.38. The second kappa shape index (κ2) is 4.66.